The molecular formula is C16H25FN2. The number of benzene rings is 1. The fraction of sp³-hybridized carbons (Fsp3) is 0.625. The molecule has 106 valence electrons. The third kappa shape index (κ3) is 3.34. The minimum absolute atomic E-state index is 0.106. The Morgan fingerprint density at radius 2 is 2.11 bits per heavy atom. The maximum atomic E-state index is 13.7. The van der Waals surface area contributed by atoms with Crippen molar-refractivity contribution in [2.75, 3.05) is 13.1 Å². The van der Waals surface area contributed by atoms with E-state index in [1.165, 1.54) is 12.8 Å². The highest BCUT2D eigenvalue weighted by Crippen LogP contribution is 2.28. The van der Waals surface area contributed by atoms with Gasteiger partial charge >= 0.3 is 0 Å². The summed E-state index contributed by atoms with van der Waals surface area (Å²) >= 11 is 0. The van der Waals surface area contributed by atoms with Crippen molar-refractivity contribution >= 4 is 0 Å². The van der Waals surface area contributed by atoms with Gasteiger partial charge in [-0.2, -0.15) is 0 Å². The van der Waals surface area contributed by atoms with Crippen molar-refractivity contribution in [1.82, 2.24) is 4.90 Å². The molecule has 0 saturated carbocycles. The highest BCUT2D eigenvalue weighted by Gasteiger charge is 2.26. The lowest BCUT2D eigenvalue weighted by Gasteiger charge is -2.38. The number of aryl methyl sites for hydroxylation is 1. The van der Waals surface area contributed by atoms with E-state index in [-0.39, 0.29) is 17.9 Å². The van der Waals surface area contributed by atoms with E-state index in [2.05, 4.69) is 18.7 Å². The van der Waals surface area contributed by atoms with Crippen molar-refractivity contribution in [2.45, 2.75) is 45.7 Å². The number of rotatable bonds is 3. The fourth-order valence-electron chi connectivity index (χ4n) is 2.90. The molecule has 3 unspecified atom stereocenters. The fourth-order valence-corrected chi connectivity index (χ4v) is 2.90. The molecule has 2 rings (SSSR count). The van der Waals surface area contributed by atoms with Gasteiger partial charge in [0.05, 0.1) is 0 Å². The van der Waals surface area contributed by atoms with Crippen molar-refractivity contribution in [3.05, 3.63) is 35.1 Å². The van der Waals surface area contributed by atoms with Gasteiger partial charge in [-0.3, -0.25) is 4.90 Å². The van der Waals surface area contributed by atoms with E-state index in [1.807, 2.05) is 12.1 Å². The molecule has 0 amide bonds. The van der Waals surface area contributed by atoms with E-state index in [4.69, 9.17) is 5.73 Å². The largest absolute Gasteiger partial charge is 0.328 e. The summed E-state index contributed by atoms with van der Waals surface area (Å²) in [4.78, 5) is 2.43. The van der Waals surface area contributed by atoms with E-state index in [1.54, 1.807) is 13.0 Å². The van der Waals surface area contributed by atoms with Crippen LogP contribution in [-0.2, 0) is 0 Å². The van der Waals surface area contributed by atoms with Crippen LogP contribution in [0.25, 0.3) is 0 Å². The zero-order chi connectivity index (χ0) is 14.0. The molecule has 0 bridgehead atoms. The second kappa shape index (κ2) is 6.02. The monoisotopic (exact) mass is 264 g/mol. The molecule has 1 aliphatic rings. The van der Waals surface area contributed by atoms with E-state index in [9.17, 15) is 4.39 Å². The van der Waals surface area contributed by atoms with Crippen LogP contribution < -0.4 is 5.73 Å². The summed E-state index contributed by atoms with van der Waals surface area (Å²) in [7, 11) is 0. The van der Waals surface area contributed by atoms with Gasteiger partial charge in [0.25, 0.3) is 0 Å². The smallest absolute Gasteiger partial charge is 0.126 e. The molecule has 1 saturated heterocycles. The molecule has 0 spiro atoms. The van der Waals surface area contributed by atoms with Gasteiger partial charge in [-0.05, 0) is 63.3 Å². The first-order valence-electron chi connectivity index (χ1n) is 7.24. The van der Waals surface area contributed by atoms with Gasteiger partial charge in [0.1, 0.15) is 5.82 Å². The van der Waals surface area contributed by atoms with E-state index in [0.29, 0.717) is 11.5 Å². The average Bonchev–Trinajstić information content (AvgIpc) is 2.41. The topological polar surface area (TPSA) is 29.3 Å². The first-order valence-corrected chi connectivity index (χ1v) is 7.24. The standard InChI is InChI=1S/C16H25FN2/c1-11-6-7-14(9-16(11)17)13(3)19-8-4-5-15(10-19)12(2)18/h6-7,9,12-13,15H,4-5,8,10,18H2,1-3H3. The SMILES string of the molecule is Cc1ccc(C(C)N2CCCC(C(C)N)C2)cc1F. The van der Waals surface area contributed by atoms with Crippen LogP contribution in [0, 0.1) is 18.7 Å². The van der Waals surface area contributed by atoms with Crippen molar-refractivity contribution in [3.8, 4) is 0 Å². The Morgan fingerprint density at radius 1 is 1.37 bits per heavy atom. The molecule has 0 aromatic heterocycles. The molecule has 0 aliphatic carbocycles. The van der Waals surface area contributed by atoms with Crippen LogP contribution in [0.15, 0.2) is 18.2 Å². The second-order valence-electron chi connectivity index (χ2n) is 5.94. The van der Waals surface area contributed by atoms with Gasteiger partial charge in [-0.1, -0.05) is 12.1 Å². The van der Waals surface area contributed by atoms with Gasteiger partial charge in [-0.15, -0.1) is 0 Å². The van der Waals surface area contributed by atoms with Crippen LogP contribution in [0.5, 0.6) is 0 Å². The van der Waals surface area contributed by atoms with Crippen molar-refractivity contribution < 1.29 is 4.39 Å². The van der Waals surface area contributed by atoms with E-state index < -0.39 is 0 Å². The van der Waals surface area contributed by atoms with Gasteiger partial charge in [0.2, 0.25) is 0 Å². The van der Waals surface area contributed by atoms with Crippen LogP contribution in [0.2, 0.25) is 0 Å². The number of piperidine rings is 1. The number of hydrogen-bond donors (Lipinski definition) is 1. The summed E-state index contributed by atoms with van der Waals surface area (Å²) in [6.45, 7) is 8.16. The van der Waals surface area contributed by atoms with Gasteiger partial charge in [0.15, 0.2) is 0 Å². The lowest BCUT2D eigenvalue weighted by atomic mass is 9.90. The quantitative estimate of drug-likeness (QED) is 0.908. The van der Waals surface area contributed by atoms with E-state index in [0.717, 1.165) is 18.7 Å². The summed E-state index contributed by atoms with van der Waals surface area (Å²) in [6.07, 6.45) is 2.40. The average molecular weight is 264 g/mol. The summed E-state index contributed by atoms with van der Waals surface area (Å²) < 4.78 is 13.7. The minimum atomic E-state index is -0.106. The molecule has 0 radical (unpaired) electrons. The Morgan fingerprint density at radius 3 is 2.74 bits per heavy atom. The maximum absolute atomic E-state index is 13.7. The molecular weight excluding hydrogens is 239 g/mol. The lowest BCUT2D eigenvalue weighted by Crippen LogP contribution is -2.43. The van der Waals surface area contributed by atoms with Crippen LogP contribution in [0.4, 0.5) is 4.39 Å². The molecule has 1 fully saturated rings. The lowest BCUT2D eigenvalue weighted by molar-refractivity contribution is 0.121. The Hall–Kier alpha value is -0.930. The second-order valence-corrected chi connectivity index (χ2v) is 5.94. The Kier molecular flexibility index (Phi) is 4.58. The molecule has 2 N–H and O–H groups in total. The van der Waals surface area contributed by atoms with Crippen molar-refractivity contribution in [1.29, 1.82) is 0 Å². The number of halogens is 1. The van der Waals surface area contributed by atoms with Crippen molar-refractivity contribution in [2.24, 2.45) is 11.7 Å². The third-order valence-electron chi connectivity index (χ3n) is 4.46. The zero-order valence-electron chi connectivity index (χ0n) is 12.2. The van der Waals surface area contributed by atoms with Crippen LogP contribution >= 0.6 is 0 Å². The maximum Gasteiger partial charge on any atom is 0.126 e. The Balaban J connectivity index is 2.10. The number of hydrogen-bond acceptors (Lipinski definition) is 2. The molecule has 2 nitrogen and oxygen atoms in total. The van der Waals surface area contributed by atoms with E-state index >= 15 is 0 Å². The summed E-state index contributed by atoms with van der Waals surface area (Å²) in [6, 6.07) is 6.09. The molecule has 1 aliphatic heterocycles. The normalized spacial score (nSPS) is 24.2. The molecule has 19 heavy (non-hydrogen) atoms. The molecule has 1 aromatic carbocycles. The highest BCUT2D eigenvalue weighted by atomic mass is 19.1. The predicted octanol–water partition coefficient (Wildman–Crippen LogP) is 3.25. The minimum Gasteiger partial charge on any atom is -0.328 e. The number of nitrogens with zero attached hydrogens (tertiary/aromatic N) is 1. The summed E-state index contributed by atoms with van der Waals surface area (Å²) in [5.74, 6) is 0.455. The molecule has 3 heteroatoms. The first kappa shape index (κ1) is 14.5. The molecule has 1 aromatic rings. The highest BCUT2D eigenvalue weighted by molar-refractivity contribution is 5.25. The van der Waals surface area contributed by atoms with Crippen LogP contribution in [0.3, 0.4) is 0 Å². The number of likely N-dealkylation sites (tertiary alicyclic amines) is 1. The Bertz CT molecular complexity index is 431. The summed E-state index contributed by atoms with van der Waals surface area (Å²) in [5.41, 5.74) is 7.80. The van der Waals surface area contributed by atoms with Crippen LogP contribution in [0.1, 0.15) is 43.9 Å². The Labute approximate surface area is 115 Å². The number of nitrogens with two attached hydrogens (primary N) is 1. The molecule has 1 heterocycles. The first-order chi connectivity index (χ1) is 8.99. The third-order valence-corrected chi connectivity index (χ3v) is 4.46. The predicted molar refractivity (Wildman–Crippen MR) is 77.5 cm³/mol. The molecule has 3 atom stereocenters. The van der Waals surface area contributed by atoms with Crippen LogP contribution in [-0.4, -0.2) is 24.0 Å². The van der Waals surface area contributed by atoms with Gasteiger partial charge < -0.3 is 5.73 Å². The van der Waals surface area contributed by atoms with Gasteiger partial charge in [0, 0.05) is 18.6 Å². The van der Waals surface area contributed by atoms with Crippen molar-refractivity contribution in [3.63, 3.8) is 0 Å². The summed E-state index contributed by atoms with van der Waals surface area (Å²) in [5, 5.41) is 0. The van der Waals surface area contributed by atoms with Gasteiger partial charge in [-0.25, -0.2) is 4.39 Å². The zero-order valence-corrected chi connectivity index (χ0v) is 12.2.